The highest BCUT2D eigenvalue weighted by molar-refractivity contribution is 9.10. The van der Waals surface area contributed by atoms with Crippen LogP contribution in [-0.4, -0.2) is 9.97 Å². The third-order valence-electron chi connectivity index (χ3n) is 2.66. The van der Waals surface area contributed by atoms with Crippen molar-refractivity contribution in [3.63, 3.8) is 0 Å². The summed E-state index contributed by atoms with van der Waals surface area (Å²) in [7, 11) is 0. The van der Waals surface area contributed by atoms with Crippen LogP contribution in [-0.2, 0) is 0 Å². The lowest BCUT2D eigenvalue weighted by molar-refractivity contribution is 0.597. The fourth-order valence-corrected chi connectivity index (χ4v) is 1.95. The van der Waals surface area contributed by atoms with Crippen molar-refractivity contribution in [2.24, 2.45) is 5.84 Å². The number of halogens is 3. The number of hydrogen-bond acceptors (Lipinski definition) is 5. The Labute approximate surface area is 122 Å². The van der Waals surface area contributed by atoms with Gasteiger partial charge in [-0.3, -0.25) is 0 Å². The average molecular weight is 344 g/mol. The van der Waals surface area contributed by atoms with Gasteiger partial charge in [-0.1, -0.05) is 0 Å². The predicted molar refractivity (Wildman–Crippen MR) is 76.7 cm³/mol. The Balaban J connectivity index is 2.45. The molecule has 0 spiro atoms. The number of aryl methyl sites for hydroxylation is 1. The van der Waals surface area contributed by atoms with Gasteiger partial charge in [0, 0.05) is 11.6 Å². The first-order chi connectivity index (χ1) is 9.42. The van der Waals surface area contributed by atoms with Crippen molar-refractivity contribution in [3.8, 4) is 0 Å². The largest absolute Gasteiger partial charge is 0.337 e. The molecular weight excluding hydrogens is 332 g/mol. The Hall–Kier alpha value is -1.80. The van der Waals surface area contributed by atoms with Crippen LogP contribution in [0.1, 0.15) is 11.4 Å². The third-order valence-corrected chi connectivity index (χ3v) is 3.27. The number of anilines is 3. The monoisotopic (exact) mass is 343 g/mol. The van der Waals surface area contributed by atoms with Crippen LogP contribution in [0.4, 0.5) is 26.1 Å². The zero-order valence-electron chi connectivity index (χ0n) is 10.8. The SMILES string of the molecule is Cc1nc(NN)c(C)c(Nc2cc(F)c(Br)cc2F)n1. The first-order valence-electron chi connectivity index (χ1n) is 5.65. The van der Waals surface area contributed by atoms with E-state index in [2.05, 4.69) is 36.6 Å². The minimum absolute atomic E-state index is 0.0186. The lowest BCUT2D eigenvalue weighted by atomic mass is 10.2. The maximum atomic E-state index is 13.8. The van der Waals surface area contributed by atoms with Crippen LogP contribution in [0.3, 0.4) is 0 Å². The van der Waals surface area contributed by atoms with E-state index in [-0.39, 0.29) is 10.2 Å². The van der Waals surface area contributed by atoms with Crippen LogP contribution in [0.25, 0.3) is 0 Å². The van der Waals surface area contributed by atoms with Gasteiger partial charge >= 0.3 is 0 Å². The molecule has 1 heterocycles. The maximum Gasteiger partial charge on any atom is 0.148 e. The fraction of sp³-hybridized carbons (Fsp3) is 0.167. The molecule has 0 aliphatic heterocycles. The zero-order valence-corrected chi connectivity index (χ0v) is 12.3. The van der Waals surface area contributed by atoms with Gasteiger partial charge in [0.1, 0.15) is 29.1 Å². The molecule has 0 aliphatic carbocycles. The molecular formula is C12H12BrF2N5. The van der Waals surface area contributed by atoms with Crippen molar-refractivity contribution >= 4 is 33.3 Å². The second kappa shape index (κ2) is 5.68. The number of benzene rings is 1. The molecule has 0 fully saturated rings. The third kappa shape index (κ3) is 2.86. The summed E-state index contributed by atoms with van der Waals surface area (Å²) >= 11 is 2.92. The lowest BCUT2D eigenvalue weighted by Gasteiger charge is -2.13. The lowest BCUT2D eigenvalue weighted by Crippen LogP contribution is -2.13. The van der Waals surface area contributed by atoms with Gasteiger partial charge in [0.05, 0.1) is 10.2 Å². The van der Waals surface area contributed by atoms with E-state index in [0.717, 1.165) is 12.1 Å². The maximum absolute atomic E-state index is 13.8. The molecule has 0 bridgehead atoms. The van der Waals surface area contributed by atoms with Crippen molar-refractivity contribution < 1.29 is 8.78 Å². The van der Waals surface area contributed by atoms with Gasteiger partial charge < -0.3 is 10.7 Å². The number of hydrazine groups is 1. The smallest absolute Gasteiger partial charge is 0.148 e. The van der Waals surface area contributed by atoms with Crippen LogP contribution in [0.15, 0.2) is 16.6 Å². The van der Waals surface area contributed by atoms with Crippen LogP contribution in [0.5, 0.6) is 0 Å². The first-order valence-corrected chi connectivity index (χ1v) is 6.45. The Kier molecular flexibility index (Phi) is 4.15. The molecule has 8 heteroatoms. The van der Waals surface area contributed by atoms with Crippen molar-refractivity contribution in [1.29, 1.82) is 0 Å². The van der Waals surface area contributed by atoms with E-state index in [1.165, 1.54) is 0 Å². The van der Waals surface area contributed by atoms with Crippen LogP contribution >= 0.6 is 15.9 Å². The van der Waals surface area contributed by atoms with Gasteiger partial charge in [0.25, 0.3) is 0 Å². The van der Waals surface area contributed by atoms with Gasteiger partial charge in [-0.15, -0.1) is 0 Å². The van der Waals surface area contributed by atoms with E-state index in [9.17, 15) is 8.78 Å². The molecule has 0 radical (unpaired) electrons. The van der Waals surface area contributed by atoms with E-state index in [0.29, 0.717) is 23.0 Å². The second-order valence-corrected chi connectivity index (χ2v) is 4.96. The quantitative estimate of drug-likeness (QED) is 0.453. The molecule has 0 saturated heterocycles. The van der Waals surface area contributed by atoms with Crippen molar-refractivity contribution in [3.05, 3.63) is 39.6 Å². The average Bonchev–Trinajstić information content (AvgIpc) is 2.39. The second-order valence-electron chi connectivity index (χ2n) is 4.11. The fourth-order valence-electron chi connectivity index (χ4n) is 1.64. The Morgan fingerprint density at radius 2 is 1.75 bits per heavy atom. The van der Waals surface area contributed by atoms with Gasteiger partial charge in [-0.05, 0) is 35.8 Å². The summed E-state index contributed by atoms with van der Waals surface area (Å²) < 4.78 is 27.3. The number of rotatable bonds is 3. The molecule has 2 aromatic rings. The van der Waals surface area contributed by atoms with E-state index in [1.54, 1.807) is 13.8 Å². The number of nitrogen functional groups attached to an aromatic ring is 1. The highest BCUT2D eigenvalue weighted by Gasteiger charge is 2.13. The highest BCUT2D eigenvalue weighted by Crippen LogP contribution is 2.28. The summed E-state index contributed by atoms with van der Waals surface area (Å²) in [5.41, 5.74) is 3.01. The normalized spacial score (nSPS) is 10.5. The minimum Gasteiger partial charge on any atom is -0.337 e. The number of nitrogens with zero attached hydrogens (tertiary/aromatic N) is 2. The number of nitrogens with one attached hydrogen (secondary N) is 2. The standard InChI is InChI=1S/C12H12BrF2N5/c1-5-11(17-6(2)18-12(5)20-16)19-10-4-8(14)7(13)3-9(10)15/h3-4H,16H2,1-2H3,(H2,17,18,19,20). The molecule has 0 aliphatic rings. The van der Waals surface area contributed by atoms with Gasteiger partial charge in [-0.25, -0.2) is 24.6 Å². The summed E-state index contributed by atoms with van der Waals surface area (Å²) in [6, 6.07) is 2.09. The van der Waals surface area contributed by atoms with Crippen LogP contribution in [0.2, 0.25) is 0 Å². The molecule has 2 rings (SSSR count). The van der Waals surface area contributed by atoms with Crippen LogP contribution in [0, 0.1) is 25.5 Å². The van der Waals surface area contributed by atoms with Gasteiger partial charge in [-0.2, -0.15) is 0 Å². The van der Waals surface area contributed by atoms with Crippen molar-refractivity contribution in [1.82, 2.24) is 9.97 Å². The highest BCUT2D eigenvalue weighted by atomic mass is 79.9. The topological polar surface area (TPSA) is 75.9 Å². The Morgan fingerprint density at radius 1 is 1.10 bits per heavy atom. The molecule has 5 nitrogen and oxygen atoms in total. The predicted octanol–water partition coefficient (Wildman–Crippen LogP) is 3.16. The summed E-state index contributed by atoms with van der Waals surface area (Å²) in [5, 5.41) is 2.74. The Bertz CT molecular complexity index is 663. The van der Waals surface area contributed by atoms with E-state index in [1.807, 2.05) is 0 Å². The van der Waals surface area contributed by atoms with Crippen molar-refractivity contribution in [2.45, 2.75) is 13.8 Å². The summed E-state index contributed by atoms with van der Waals surface area (Å²) in [6.45, 7) is 3.38. The minimum atomic E-state index is -0.601. The molecule has 20 heavy (non-hydrogen) atoms. The first kappa shape index (κ1) is 14.6. The van der Waals surface area contributed by atoms with Crippen LogP contribution < -0.4 is 16.6 Å². The van der Waals surface area contributed by atoms with Gasteiger partial charge in [0.15, 0.2) is 0 Å². The van der Waals surface area contributed by atoms with Gasteiger partial charge in [0.2, 0.25) is 0 Å². The number of nitrogens with two attached hydrogens (primary N) is 1. The van der Waals surface area contributed by atoms with E-state index >= 15 is 0 Å². The molecule has 1 aromatic heterocycles. The van der Waals surface area contributed by atoms with E-state index in [4.69, 9.17) is 5.84 Å². The Morgan fingerprint density at radius 3 is 2.40 bits per heavy atom. The van der Waals surface area contributed by atoms with E-state index < -0.39 is 11.6 Å². The molecule has 0 atom stereocenters. The summed E-state index contributed by atoms with van der Waals surface area (Å²) in [4.78, 5) is 8.24. The summed E-state index contributed by atoms with van der Waals surface area (Å²) in [5.74, 6) is 5.39. The molecule has 1 aromatic carbocycles. The molecule has 4 N–H and O–H groups in total. The summed E-state index contributed by atoms with van der Waals surface area (Å²) in [6.07, 6.45) is 0. The van der Waals surface area contributed by atoms with Crippen molar-refractivity contribution in [2.75, 3.05) is 10.7 Å². The molecule has 0 unspecified atom stereocenters. The molecule has 0 amide bonds. The molecule has 0 saturated carbocycles. The molecule has 106 valence electrons. The number of aromatic nitrogens is 2. The zero-order chi connectivity index (χ0) is 14.9. The number of hydrogen-bond donors (Lipinski definition) is 3.